The fraction of sp³-hybridized carbons (Fsp3) is 0.824. The van der Waals surface area contributed by atoms with Crippen LogP contribution in [0, 0.1) is 0 Å². The van der Waals surface area contributed by atoms with Crippen LogP contribution < -0.4 is 0 Å². The summed E-state index contributed by atoms with van der Waals surface area (Å²) in [5.41, 5.74) is -0.633. The zero-order valence-corrected chi connectivity index (χ0v) is 18.9. The number of alkyl halides is 21. The highest BCUT2D eigenvalue weighted by Crippen LogP contribution is 2.66. The van der Waals surface area contributed by atoms with Crippen LogP contribution in [0.25, 0.3) is 0 Å². The maximum atomic E-state index is 13.7. The van der Waals surface area contributed by atoms with Crippen molar-refractivity contribution in [3.8, 4) is 0 Å². The van der Waals surface area contributed by atoms with Gasteiger partial charge >= 0.3 is 65.4 Å². The molecule has 0 saturated heterocycles. The summed E-state index contributed by atoms with van der Waals surface area (Å²) in [6.45, 7) is 3.67. The molecule has 1 atom stereocenters. The minimum absolute atomic E-state index is 0.633. The van der Waals surface area contributed by atoms with Gasteiger partial charge in [-0.25, -0.2) is 4.79 Å². The molecular formula is C17H11F21O3. The van der Waals surface area contributed by atoms with E-state index in [0.29, 0.717) is 0 Å². The van der Waals surface area contributed by atoms with E-state index in [0.717, 1.165) is 6.92 Å². The first kappa shape index (κ1) is 38.7. The van der Waals surface area contributed by atoms with Gasteiger partial charge in [-0.1, -0.05) is 6.58 Å². The second-order valence-electron chi connectivity index (χ2n) is 7.98. The molecule has 0 aromatic carbocycles. The predicted molar refractivity (Wildman–Crippen MR) is 86.7 cm³/mol. The van der Waals surface area contributed by atoms with Crippen LogP contribution in [-0.2, 0) is 9.53 Å². The Labute approximate surface area is 211 Å². The molecular weight excluding hydrogens is 651 g/mol. The molecule has 0 amide bonds. The Hall–Kier alpha value is -2.30. The van der Waals surface area contributed by atoms with Crippen molar-refractivity contribution in [2.24, 2.45) is 0 Å². The van der Waals surface area contributed by atoms with Crippen molar-refractivity contribution in [2.45, 2.75) is 85.5 Å². The highest BCUT2D eigenvalue weighted by atomic mass is 19.4. The summed E-state index contributed by atoms with van der Waals surface area (Å²) in [6, 6.07) is 0. The van der Waals surface area contributed by atoms with Gasteiger partial charge in [0, 0.05) is 18.4 Å². The van der Waals surface area contributed by atoms with Gasteiger partial charge in [-0.05, 0) is 6.92 Å². The number of aliphatic hydroxyl groups is 1. The van der Waals surface area contributed by atoms with Crippen molar-refractivity contribution >= 4 is 5.97 Å². The van der Waals surface area contributed by atoms with E-state index in [-0.39, 0.29) is 0 Å². The third kappa shape index (κ3) is 5.59. The molecule has 244 valence electrons. The first-order chi connectivity index (χ1) is 17.5. The van der Waals surface area contributed by atoms with Crippen LogP contribution in [-0.4, -0.2) is 76.8 Å². The van der Waals surface area contributed by atoms with Crippen LogP contribution in [0.1, 0.15) is 19.8 Å². The number of hydrogen-bond donors (Lipinski definition) is 1. The lowest BCUT2D eigenvalue weighted by Crippen LogP contribution is -2.76. The number of carbonyl (C=O) groups excluding carboxylic acids is 1. The Kier molecular flexibility index (Phi) is 9.87. The van der Waals surface area contributed by atoms with Crippen molar-refractivity contribution in [1.29, 1.82) is 0 Å². The van der Waals surface area contributed by atoms with Crippen molar-refractivity contribution in [3.05, 3.63) is 12.2 Å². The van der Waals surface area contributed by atoms with Gasteiger partial charge in [-0.2, -0.15) is 92.2 Å². The molecule has 0 aromatic heterocycles. The first-order valence-corrected chi connectivity index (χ1v) is 9.49. The molecule has 3 nitrogen and oxygen atoms in total. The number of carbonyl (C=O) groups is 1. The zero-order valence-electron chi connectivity index (χ0n) is 18.9. The molecule has 0 rings (SSSR count). The average molecular weight is 662 g/mol. The Morgan fingerprint density at radius 3 is 1.12 bits per heavy atom. The van der Waals surface area contributed by atoms with E-state index in [9.17, 15) is 97.0 Å². The van der Waals surface area contributed by atoms with Crippen LogP contribution in [0.3, 0.4) is 0 Å². The molecule has 0 aliphatic rings. The molecule has 0 saturated carbocycles. The largest absolute Gasteiger partial charge is 0.460 e. The summed E-state index contributed by atoms with van der Waals surface area (Å²) in [6.07, 6.45) is -16.3. The maximum Gasteiger partial charge on any atom is 0.460 e. The Balaban J connectivity index is 6.72. The van der Waals surface area contributed by atoms with E-state index in [1.807, 2.05) is 0 Å². The van der Waals surface area contributed by atoms with Crippen LogP contribution in [0.2, 0.25) is 0 Å². The Morgan fingerprint density at radius 2 is 0.854 bits per heavy atom. The monoisotopic (exact) mass is 662 g/mol. The number of aliphatic hydroxyl groups excluding tert-OH is 1. The van der Waals surface area contributed by atoms with Crippen molar-refractivity contribution in [3.63, 3.8) is 0 Å². The first-order valence-electron chi connectivity index (χ1n) is 9.49. The van der Waals surface area contributed by atoms with Crippen molar-refractivity contribution < 1.29 is 107 Å². The molecule has 0 aromatic rings. The summed E-state index contributed by atoms with van der Waals surface area (Å²) < 4.78 is 282. The third-order valence-corrected chi connectivity index (χ3v) is 4.87. The smallest absolute Gasteiger partial charge is 0.433 e. The molecule has 1 unspecified atom stereocenters. The summed E-state index contributed by atoms with van der Waals surface area (Å²) in [5, 5.41) is 9.07. The Morgan fingerprint density at radius 1 is 0.585 bits per heavy atom. The topological polar surface area (TPSA) is 46.5 Å². The molecule has 0 aliphatic heterocycles. The maximum absolute atomic E-state index is 13.7. The summed E-state index contributed by atoms with van der Waals surface area (Å²) in [4.78, 5) is 11.0. The number of esters is 1. The van der Waals surface area contributed by atoms with Crippen LogP contribution in [0.4, 0.5) is 92.2 Å². The summed E-state index contributed by atoms with van der Waals surface area (Å²) >= 11 is 0. The molecule has 0 fully saturated rings. The van der Waals surface area contributed by atoms with E-state index in [1.165, 1.54) is 0 Å². The molecule has 1 N–H and O–H groups in total. The number of hydrogen-bond acceptors (Lipinski definition) is 3. The third-order valence-electron chi connectivity index (χ3n) is 4.87. The fourth-order valence-electron chi connectivity index (χ4n) is 2.34. The molecule has 0 aliphatic carbocycles. The minimum Gasteiger partial charge on any atom is -0.433 e. The van der Waals surface area contributed by atoms with E-state index >= 15 is 0 Å². The van der Waals surface area contributed by atoms with Crippen molar-refractivity contribution in [2.75, 3.05) is 0 Å². The van der Waals surface area contributed by atoms with Gasteiger partial charge in [0.2, 0.25) is 6.29 Å². The SMILES string of the molecule is C=C(C)C(=O)OC(O)CCC(F)(F)C(F)(F)C(F)(F)C(F)(F)C(F)(F)C(F)(F)C(F)(F)C(F)(F)C(F)(F)C(F)(F)F. The van der Waals surface area contributed by atoms with Gasteiger partial charge in [0.1, 0.15) is 0 Å². The summed E-state index contributed by atoms with van der Waals surface area (Å²) in [7, 11) is 0. The molecule has 0 spiro atoms. The number of ether oxygens (including phenoxy) is 1. The number of halogens is 21. The predicted octanol–water partition coefficient (Wildman–Crippen LogP) is 7.48. The molecule has 41 heavy (non-hydrogen) atoms. The van der Waals surface area contributed by atoms with Gasteiger partial charge in [-0.3, -0.25) is 0 Å². The van der Waals surface area contributed by atoms with Crippen LogP contribution >= 0.6 is 0 Å². The minimum atomic E-state index is -9.25. The Bertz CT molecular complexity index is 980. The van der Waals surface area contributed by atoms with Gasteiger partial charge < -0.3 is 9.84 Å². The molecule has 0 heterocycles. The highest BCUT2D eigenvalue weighted by molar-refractivity contribution is 5.86. The second kappa shape index (κ2) is 10.5. The standard InChI is InChI=1S/C17H11F21O3/c1-5(2)7(40)41-6(39)3-4-8(18,19)9(20,21)10(22,23)11(24,25)12(26,27)13(28,29)14(30,31)15(32,33)16(34,35)17(36,37)38/h6,39H,1,3-4H2,2H3. The highest BCUT2D eigenvalue weighted by Gasteiger charge is 2.97. The van der Waals surface area contributed by atoms with E-state index < -0.39 is 90.2 Å². The lowest BCUT2D eigenvalue weighted by atomic mass is 9.85. The number of rotatable bonds is 13. The van der Waals surface area contributed by atoms with Gasteiger partial charge in [0.15, 0.2) is 0 Å². The zero-order chi connectivity index (χ0) is 33.9. The quantitative estimate of drug-likeness (QED) is 0.0964. The second-order valence-corrected chi connectivity index (χ2v) is 7.98. The molecule has 0 radical (unpaired) electrons. The van der Waals surface area contributed by atoms with Gasteiger partial charge in [0.05, 0.1) is 0 Å². The van der Waals surface area contributed by atoms with E-state index in [2.05, 4.69) is 11.3 Å². The van der Waals surface area contributed by atoms with Gasteiger partial charge in [-0.15, -0.1) is 0 Å². The van der Waals surface area contributed by atoms with E-state index in [4.69, 9.17) is 5.11 Å². The summed E-state index contributed by atoms with van der Waals surface area (Å²) in [5.74, 6) is -79.5. The fourth-order valence-corrected chi connectivity index (χ4v) is 2.34. The lowest BCUT2D eigenvalue weighted by Gasteiger charge is -2.44. The van der Waals surface area contributed by atoms with Crippen molar-refractivity contribution in [1.82, 2.24) is 0 Å². The molecule has 24 heteroatoms. The normalized spacial score (nSPS) is 16.5. The molecule has 0 bridgehead atoms. The lowest BCUT2D eigenvalue weighted by molar-refractivity contribution is -0.474. The van der Waals surface area contributed by atoms with E-state index in [1.54, 1.807) is 0 Å². The van der Waals surface area contributed by atoms with Gasteiger partial charge in [0.25, 0.3) is 0 Å². The van der Waals surface area contributed by atoms with Crippen LogP contribution in [0.15, 0.2) is 12.2 Å². The van der Waals surface area contributed by atoms with Crippen LogP contribution in [0.5, 0.6) is 0 Å². The average Bonchev–Trinajstić information content (AvgIpc) is 2.75.